The van der Waals surface area contributed by atoms with Crippen molar-refractivity contribution in [2.24, 2.45) is 4.99 Å². The van der Waals surface area contributed by atoms with Gasteiger partial charge >= 0.3 is 0 Å². The molecule has 1 aliphatic heterocycles. The number of nitrogens with one attached hydrogen (secondary N) is 2. The largest absolute Gasteiger partial charge is 0.489 e. The van der Waals surface area contributed by atoms with Crippen LogP contribution in [-0.4, -0.2) is 69.3 Å². The van der Waals surface area contributed by atoms with Crippen molar-refractivity contribution >= 4 is 11.9 Å². The minimum Gasteiger partial charge on any atom is -0.489 e. The molecule has 0 aliphatic carbocycles. The fourth-order valence-electron chi connectivity index (χ4n) is 2.70. The maximum Gasteiger partial charge on any atom is 0.243 e. The van der Waals surface area contributed by atoms with E-state index in [4.69, 9.17) is 9.47 Å². The van der Waals surface area contributed by atoms with Gasteiger partial charge in [-0.05, 0) is 38.3 Å². The molecule has 0 aromatic heterocycles. The number of carbonyl (C=O) groups excluding carboxylic acids is 1. The fourth-order valence-corrected chi connectivity index (χ4v) is 2.70. The molecule has 0 bridgehead atoms. The molecule has 2 rings (SSSR count). The van der Waals surface area contributed by atoms with Gasteiger partial charge in [0.05, 0.1) is 12.6 Å². The van der Waals surface area contributed by atoms with Crippen LogP contribution in [-0.2, 0) is 9.53 Å². The molecule has 1 saturated heterocycles. The third kappa shape index (κ3) is 8.12. The first-order chi connectivity index (χ1) is 13.4. The Bertz CT molecular complexity index is 648. The summed E-state index contributed by atoms with van der Waals surface area (Å²) in [5.41, 5.74) is 0. The molecule has 8 heteroatoms. The highest BCUT2D eigenvalue weighted by molar-refractivity contribution is 5.84. The van der Waals surface area contributed by atoms with E-state index in [1.54, 1.807) is 26.2 Å². The molecule has 156 valence electrons. The van der Waals surface area contributed by atoms with Crippen molar-refractivity contribution in [1.82, 2.24) is 15.5 Å². The minimum atomic E-state index is -0.337. The number of rotatable bonds is 8. The molecule has 1 aromatic carbocycles. The maximum absolute atomic E-state index is 13.3. The zero-order chi connectivity index (χ0) is 20.4. The molecule has 28 heavy (non-hydrogen) atoms. The molecule has 1 aromatic rings. The van der Waals surface area contributed by atoms with Crippen molar-refractivity contribution in [3.05, 3.63) is 30.1 Å². The number of benzene rings is 1. The van der Waals surface area contributed by atoms with E-state index in [2.05, 4.69) is 15.6 Å². The number of guanidine groups is 1. The van der Waals surface area contributed by atoms with Gasteiger partial charge in [0.1, 0.15) is 24.2 Å². The second-order valence-electron chi connectivity index (χ2n) is 7.09. The molecule has 2 atom stereocenters. The van der Waals surface area contributed by atoms with Gasteiger partial charge in [0.15, 0.2) is 5.96 Å². The average Bonchev–Trinajstić information content (AvgIpc) is 2.67. The normalized spacial score (nSPS) is 18.3. The Morgan fingerprint density at radius 1 is 1.39 bits per heavy atom. The summed E-state index contributed by atoms with van der Waals surface area (Å²) >= 11 is 0. The Morgan fingerprint density at radius 3 is 2.89 bits per heavy atom. The molecule has 1 amide bonds. The number of hydrogen-bond donors (Lipinski definition) is 2. The number of ether oxygens (including phenoxy) is 2. The predicted octanol–water partition coefficient (Wildman–Crippen LogP) is 1.79. The van der Waals surface area contributed by atoms with E-state index < -0.39 is 0 Å². The summed E-state index contributed by atoms with van der Waals surface area (Å²) in [6, 6.07) is 6.04. The summed E-state index contributed by atoms with van der Waals surface area (Å²) in [6.45, 7) is 3.78. The van der Waals surface area contributed by atoms with Crippen LogP contribution in [0, 0.1) is 5.82 Å². The molecular weight excluding hydrogens is 363 g/mol. The standard InChI is InChI=1S/C20H31FN4O3/c1-15(28-17-9-6-7-16(21)11-17)12-22-20(24-14-19(26)25(2)3)23-13-18-8-4-5-10-27-18/h6-7,9,11,15,18H,4-5,8,10,12-14H2,1-3H3,(H2,22,23,24). The zero-order valence-electron chi connectivity index (χ0n) is 16.9. The zero-order valence-corrected chi connectivity index (χ0v) is 16.9. The van der Waals surface area contributed by atoms with Crippen molar-refractivity contribution in [2.45, 2.75) is 38.4 Å². The van der Waals surface area contributed by atoms with Crippen LogP contribution in [0.4, 0.5) is 4.39 Å². The summed E-state index contributed by atoms with van der Waals surface area (Å²) < 4.78 is 24.7. The van der Waals surface area contributed by atoms with Crippen molar-refractivity contribution in [1.29, 1.82) is 0 Å². The van der Waals surface area contributed by atoms with Crippen molar-refractivity contribution in [2.75, 3.05) is 40.3 Å². The third-order valence-electron chi connectivity index (χ3n) is 4.33. The molecule has 7 nitrogen and oxygen atoms in total. The number of amides is 1. The lowest BCUT2D eigenvalue weighted by atomic mass is 10.1. The van der Waals surface area contributed by atoms with Crippen molar-refractivity contribution in [3.8, 4) is 5.75 Å². The molecule has 2 unspecified atom stereocenters. The number of likely N-dealkylation sites (N-methyl/N-ethyl adjacent to an activating group) is 1. The molecule has 1 heterocycles. The molecule has 0 saturated carbocycles. The average molecular weight is 394 g/mol. The van der Waals surface area contributed by atoms with Crippen LogP contribution in [0.3, 0.4) is 0 Å². The lowest BCUT2D eigenvalue weighted by Crippen LogP contribution is -2.45. The van der Waals surface area contributed by atoms with Crippen molar-refractivity contribution < 1.29 is 18.7 Å². The maximum atomic E-state index is 13.3. The second kappa shape index (κ2) is 11.5. The van der Waals surface area contributed by atoms with Gasteiger partial charge in [-0.25, -0.2) is 9.38 Å². The van der Waals surface area contributed by atoms with Gasteiger partial charge in [-0.15, -0.1) is 0 Å². The summed E-state index contributed by atoms with van der Waals surface area (Å²) in [4.78, 5) is 17.7. The number of hydrogen-bond acceptors (Lipinski definition) is 4. The van der Waals surface area contributed by atoms with Gasteiger partial charge in [-0.3, -0.25) is 4.79 Å². The molecule has 0 radical (unpaired) electrons. The van der Waals surface area contributed by atoms with Gasteiger partial charge in [-0.2, -0.15) is 0 Å². The van der Waals surface area contributed by atoms with Gasteiger partial charge in [0.25, 0.3) is 0 Å². The van der Waals surface area contributed by atoms with E-state index in [0.29, 0.717) is 24.8 Å². The number of nitrogens with zero attached hydrogens (tertiary/aromatic N) is 2. The fraction of sp³-hybridized carbons (Fsp3) is 0.600. The molecule has 1 fully saturated rings. The molecule has 0 spiro atoms. The summed E-state index contributed by atoms with van der Waals surface area (Å²) in [5, 5.41) is 6.42. The summed E-state index contributed by atoms with van der Waals surface area (Å²) in [6.07, 6.45) is 3.19. The van der Waals surface area contributed by atoms with Crippen molar-refractivity contribution in [3.63, 3.8) is 0 Å². The van der Waals surface area contributed by atoms with Gasteiger partial charge in [0.2, 0.25) is 5.91 Å². The van der Waals surface area contributed by atoms with Gasteiger partial charge in [-0.1, -0.05) is 6.07 Å². The van der Waals surface area contributed by atoms with Gasteiger partial charge < -0.3 is 25.0 Å². The Kier molecular flexibility index (Phi) is 9.00. The Morgan fingerprint density at radius 2 is 2.21 bits per heavy atom. The van der Waals surface area contributed by atoms with E-state index in [0.717, 1.165) is 25.9 Å². The van der Waals surface area contributed by atoms with E-state index in [1.165, 1.54) is 17.0 Å². The van der Waals surface area contributed by atoms with E-state index in [1.807, 2.05) is 6.92 Å². The number of carbonyl (C=O) groups is 1. The van der Waals surface area contributed by atoms with Crippen LogP contribution >= 0.6 is 0 Å². The highest BCUT2D eigenvalue weighted by Crippen LogP contribution is 2.13. The quantitative estimate of drug-likeness (QED) is 0.519. The first-order valence-corrected chi connectivity index (χ1v) is 9.70. The number of aliphatic imine (C=N–C) groups is 1. The van der Waals surface area contributed by atoms with Crippen LogP contribution in [0.2, 0.25) is 0 Å². The van der Waals surface area contributed by atoms with E-state index >= 15 is 0 Å². The molecular formula is C20H31FN4O3. The first kappa shape index (κ1) is 21.9. The van der Waals surface area contributed by atoms with Crippen LogP contribution in [0.1, 0.15) is 26.2 Å². The number of halogens is 1. The van der Waals surface area contributed by atoms with E-state index in [-0.39, 0.29) is 30.5 Å². The van der Waals surface area contributed by atoms with Gasteiger partial charge in [0, 0.05) is 33.3 Å². The summed E-state index contributed by atoms with van der Waals surface area (Å²) in [7, 11) is 3.40. The Labute approximate surface area is 166 Å². The lowest BCUT2D eigenvalue weighted by molar-refractivity contribution is -0.127. The smallest absolute Gasteiger partial charge is 0.243 e. The van der Waals surface area contributed by atoms with E-state index in [9.17, 15) is 9.18 Å². The van der Waals surface area contributed by atoms with Crippen LogP contribution in [0.25, 0.3) is 0 Å². The van der Waals surface area contributed by atoms with Crippen LogP contribution < -0.4 is 15.4 Å². The Balaban J connectivity index is 1.87. The second-order valence-corrected chi connectivity index (χ2v) is 7.09. The first-order valence-electron chi connectivity index (χ1n) is 9.70. The Hall–Kier alpha value is -2.35. The topological polar surface area (TPSA) is 75.2 Å². The molecule has 2 N–H and O–H groups in total. The lowest BCUT2D eigenvalue weighted by Gasteiger charge is -2.24. The summed E-state index contributed by atoms with van der Waals surface area (Å²) in [5.74, 6) is 0.577. The van der Waals surface area contributed by atoms with Crippen LogP contribution in [0.5, 0.6) is 5.75 Å². The highest BCUT2D eigenvalue weighted by Gasteiger charge is 2.15. The monoisotopic (exact) mass is 394 g/mol. The highest BCUT2D eigenvalue weighted by atomic mass is 19.1. The van der Waals surface area contributed by atoms with Crippen LogP contribution in [0.15, 0.2) is 29.3 Å². The minimum absolute atomic E-state index is 0.0486. The molecule has 1 aliphatic rings. The third-order valence-corrected chi connectivity index (χ3v) is 4.33. The SMILES string of the molecule is CC(CNC(=NCC(=O)N(C)C)NCC1CCCCO1)Oc1cccc(F)c1. The predicted molar refractivity (Wildman–Crippen MR) is 107 cm³/mol.